The van der Waals surface area contributed by atoms with Gasteiger partial charge in [-0.25, -0.2) is 9.67 Å². The average molecular weight is 424 g/mol. The summed E-state index contributed by atoms with van der Waals surface area (Å²) in [5.74, 6) is -0.00382. The predicted octanol–water partition coefficient (Wildman–Crippen LogP) is 4.07. The third-order valence-corrected chi connectivity index (χ3v) is 5.08. The lowest BCUT2D eigenvalue weighted by molar-refractivity contribution is -0.116. The van der Waals surface area contributed by atoms with Crippen LogP contribution in [-0.2, 0) is 17.9 Å². The van der Waals surface area contributed by atoms with Crippen molar-refractivity contribution in [1.82, 2.24) is 19.3 Å². The van der Waals surface area contributed by atoms with E-state index in [4.69, 9.17) is 0 Å². The van der Waals surface area contributed by atoms with Crippen LogP contribution in [0.3, 0.4) is 0 Å². The molecule has 2 aromatic carbocycles. The molecular formula is C20H18BrN5O. The number of amides is 1. The van der Waals surface area contributed by atoms with E-state index in [1.54, 1.807) is 11.0 Å². The Hall–Kier alpha value is -2.93. The zero-order valence-electron chi connectivity index (χ0n) is 14.5. The lowest BCUT2D eigenvalue weighted by atomic mass is 10.2. The number of carbonyl (C=O) groups excluding carboxylic acids is 1. The third-order valence-electron chi connectivity index (χ3n) is 4.39. The number of aromatic nitrogens is 4. The molecule has 4 aromatic rings. The van der Waals surface area contributed by atoms with Crippen LogP contribution in [-0.4, -0.2) is 25.2 Å². The van der Waals surface area contributed by atoms with Crippen LogP contribution in [0.4, 0.5) is 5.69 Å². The maximum absolute atomic E-state index is 12.3. The van der Waals surface area contributed by atoms with Crippen LogP contribution in [0.2, 0.25) is 0 Å². The van der Waals surface area contributed by atoms with Gasteiger partial charge in [0.2, 0.25) is 5.91 Å². The summed E-state index contributed by atoms with van der Waals surface area (Å²) in [6.07, 6.45) is 5.62. The predicted molar refractivity (Wildman–Crippen MR) is 108 cm³/mol. The highest BCUT2D eigenvalue weighted by molar-refractivity contribution is 9.10. The van der Waals surface area contributed by atoms with Crippen LogP contribution >= 0.6 is 15.9 Å². The minimum atomic E-state index is -0.00382. The number of halogens is 1. The Kier molecular flexibility index (Phi) is 5.02. The van der Waals surface area contributed by atoms with Crippen molar-refractivity contribution >= 4 is 38.4 Å². The molecule has 0 radical (unpaired) electrons. The van der Waals surface area contributed by atoms with Gasteiger partial charge in [-0.1, -0.05) is 34.1 Å². The summed E-state index contributed by atoms with van der Waals surface area (Å²) in [5, 5.41) is 8.20. The fourth-order valence-corrected chi connectivity index (χ4v) is 3.51. The first-order valence-corrected chi connectivity index (χ1v) is 9.43. The van der Waals surface area contributed by atoms with Crippen molar-refractivity contribution in [3.05, 3.63) is 77.4 Å². The summed E-state index contributed by atoms with van der Waals surface area (Å²) in [4.78, 5) is 16.2. The van der Waals surface area contributed by atoms with Crippen molar-refractivity contribution in [2.24, 2.45) is 0 Å². The van der Waals surface area contributed by atoms with Gasteiger partial charge in [-0.2, -0.15) is 5.10 Å². The van der Waals surface area contributed by atoms with Crippen molar-refractivity contribution < 1.29 is 4.79 Å². The van der Waals surface area contributed by atoms with E-state index in [1.807, 2.05) is 42.6 Å². The second kappa shape index (κ2) is 7.75. The second-order valence-corrected chi connectivity index (χ2v) is 7.12. The van der Waals surface area contributed by atoms with Crippen molar-refractivity contribution in [2.45, 2.75) is 19.5 Å². The average Bonchev–Trinajstić information content (AvgIpc) is 3.32. The van der Waals surface area contributed by atoms with E-state index in [9.17, 15) is 4.79 Å². The van der Waals surface area contributed by atoms with Crippen molar-refractivity contribution in [2.75, 3.05) is 5.32 Å². The summed E-state index contributed by atoms with van der Waals surface area (Å²) < 4.78 is 4.92. The number of aryl methyl sites for hydroxylation is 1. The SMILES string of the molecule is O=C(CCn1ccc2c(Br)cccc21)Nc1ccc(Cn2cncn2)cc1. The maximum Gasteiger partial charge on any atom is 0.226 e. The summed E-state index contributed by atoms with van der Waals surface area (Å²) in [6.45, 7) is 1.29. The zero-order valence-corrected chi connectivity index (χ0v) is 16.1. The normalized spacial score (nSPS) is 11.0. The van der Waals surface area contributed by atoms with Gasteiger partial charge in [0.25, 0.3) is 0 Å². The number of benzene rings is 2. The van der Waals surface area contributed by atoms with Crippen molar-refractivity contribution in [3.63, 3.8) is 0 Å². The maximum atomic E-state index is 12.3. The first-order chi connectivity index (χ1) is 13.2. The topological polar surface area (TPSA) is 64.7 Å². The van der Waals surface area contributed by atoms with Gasteiger partial charge in [-0.05, 0) is 35.9 Å². The molecule has 0 saturated heterocycles. The minimum absolute atomic E-state index is 0.00382. The first-order valence-electron chi connectivity index (χ1n) is 8.63. The highest BCUT2D eigenvalue weighted by Gasteiger charge is 2.07. The number of anilines is 1. The molecule has 0 bridgehead atoms. The van der Waals surface area contributed by atoms with Crippen LogP contribution in [0.25, 0.3) is 10.9 Å². The van der Waals surface area contributed by atoms with Crippen molar-refractivity contribution in [3.8, 4) is 0 Å². The molecule has 0 unspecified atom stereocenters. The molecule has 0 spiro atoms. The molecule has 136 valence electrons. The third kappa shape index (κ3) is 4.09. The van der Waals surface area contributed by atoms with Crippen LogP contribution in [0, 0.1) is 0 Å². The van der Waals surface area contributed by atoms with Gasteiger partial charge in [-0.15, -0.1) is 0 Å². The van der Waals surface area contributed by atoms with E-state index in [0.717, 1.165) is 26.6 Å². The van der Waals surface area contributed by atoms with Crippen LogP contribution < -0.4 is 5.32 Å². The molecule has 0 saturated carbocycles. The Bertz CT molecular complexity index is 1050. The van der Waals surface area contributed by atoms with E-state index in [-0.39, 0.29) is 5.91 Å². The minimum Gasteiger partial charge on any atom is -0.347 e. The molecule has 0 atom stereocenters. The van der Waals surface area contributed by atoms with E-state index in [1.165, 1.54) is 6.33 Å². The fourth-order valence-electron chi connectivity index (χ4n) is 3.02. The lowest BCUT2D eigenvalue weighted by Crippen LogP contribution is -2.14. The molecule has 1 amide bonds. The van der Waals surface area contributed by atoms with Crippen LogP contribution in [0.5, 0.6) is 0 Å². The molecule has 1 N–H and O–H groups in total. The number of rotatable bonds is 6. The molecule has 0 aliphatic carbocycles. The zero-order chi connectivity index (χ0) is 18.6. The van der Waals surface area contributed by atoms with Crippen molar-refractivity contribution in [1.29, 1.82) is 0 Å². The van der Waals surface area contributed by atoms with Gasteiger partial charge in [0.1, 0.15) is 12.7 Å². The quantitative estimate of drug-likeness (QED) is 0.508. The molecule has 27 heavy (non-hydrogen) atoms. The lowest BCUT2D eigenvalue weighted by Gasteiger charge is -2.08. The van der Waals surface area contributed by atoms with Gasteiger partial charge in [0, 0.05) is 40.2 Å². The second-order valence-electron chi connectivity index (χ2n) is 6.27. The number of fused-ring (bicyclic) bond motifs is 1. The molecule has 2 heterocycles. The highest BCUT2D eigenvalue weighted by Crippen LogP contribution is 2.24. The van der Waals surface area contributed by atoms with Gasteiger partial charge in [0.15, 0.2) is 0 Å². The number of nitrogens with zero attached hydrogens (tertiary/aromatic N) is 4. The first kappa shape index (κ1) is 17.5. The Labute approximate surface area is 165 Å². The van der Waals surface area contributed by atoms with Gasteiger partial charge >= 0.3 is 0 Å². The highest BCUT2D eigenvalue weighted by atomic mass is 79.9. The molecule has 4 rings (SSSR count). The number of carbonyl (C=O) groups is 1. The smallest absolute Gasteiger partial charge is 0.226 e. The number of hydrogen-bond donors (Lipinski definition) is 1. The van der Waals surface area contributed by atoms with E-state index < -0.39 is 0 Å². The summed E-state index contributed by atoms with van der Waals surface area (Å²) in [5.41, 5.74) is 3.01. The number of nitrogens with one attached hydrogen (secondary N) is 1. The number of hydrogen-bond acceptors (Lipinski definition) is 3. The van der Waals surface area contributed by atoms with E-state index in [2.05, 4.69) is 48.0 Å². The Morgan fingerprint density at radius 3 is 2.74 bits per heavy atom. The molecule has 6 nitrogen and oxygen atoms in total. The van der Waals surface area contributed by atoms with Crippen LogP contribution in [0.15, 0.2) is 71.9 Å². The Morgan fingerprint density at radius 1 is 1.11 bits per heavy atom. The molecule has 2 aromatic heterocycles. The standard InChI is InChI=1S/C20H18BrN5O/c21-18-2-1-3-19-17(18)8-10-25(19)11-9-20(27)24-16-6-4-15(5-7-16)12-26-14-22-13-23-26/h1-8,10,13-14H,9,11-12H2,(H,24,27). The van der Waals surface area contributed by atoms with E-state index >= 15 is 0 Å². The Morgan fingerprint density at radius 2 is 1.96 bits per heavy atom. The molecule has 0 fully saturated rings. The van der Waals surface area contributed by atoms with Gasteiger partial charge in [0.05, 0.1) is 6.54 Å². The molecule has 7 heteroatoms. The summed E-state index contributed by atoms with van der Waals surface area (Å²) >= 11 is 3.56. The summed E-state index contributed by atoms with van der Waals surface area (Å²) in [6, 6.07) is 15.9. The van der Waals surface area contributed by atoms with E-state index in [0.29, 0.717) is 19.5 Å². The largest absolute Gasteiger partial charge is 0.347 e. The van der Waals surface area contributed by atoms with Gasteiger partial charge < -0.3 is 9.88 Å². The van der Waals surface area contributed by atoms with Gasteiger partial charge in [-0.3, -0.25) is 4.79 Å². The molecular weight excluding hydrogens is 406 g/mol. The fraction of sp³-hybridized carbons (Fsp3) is 0.150. The molecule has 0 aliphatic rings. The monoisotopic (exact) mass is 423 g/mol. The molecule has 0 aliphatic heterocycles. The summed E-state index contributed by atoms with van der Waals surface area (Å²) in [7, 11) is 0. The van der Waals surface area contributed by atoms with Crippen LogP contribution in [0.1, 0.15) is 12.0 Å². The Balaban J connectivity index is 1.34.